The van der Waals surface area contributed by atoms with Crippen LogP contribution in [0.3, 0.4) is 0 Å². The summed E-state index contributed by atoms with van der Waals surface area (Å²) in [5, 5.41) is 10.1. The molecule has 3 unspecified atom stereocenters. The second kappa shape index (κ2) is 8.94. The van der Waals surface area contributed by atoms with Gasteiger partial charge in [-0.2, -0.15) is 0 Å². The first-order chi connectivity index (χ1) is 16.3. The highest BCUT2D eigenvalue weighted by Crippen LogP contribution is 2.50. The molecule has 184 valence electrons. The van der Waals surface area contributed by atoms with Crippen molar-refractivity contribution in [1.82, 2.24) is 20.4 Å². The molecule has 2 aromatic rings. The molecular formula is C23H32N6O4S. The number of nitrogens with one attached hydrogen (secondary N) is 2. The Morgan fingerprint density at radius 2 is 2.15 bits per heavy atom. The van der Waals surface area contributed by atoms with Gasteiger partial charge >= 0.3 is 0 Å². The second-order valence-corrected chi connectivity index (χ2v) is 11.9. The molecule has 2 aliphatic carbocycles. The highest BCUT2D eigenvalue weighted by molar-refractivity contribution is 7.92. The van der Waals surface area contributed by atoms with Crippen molar-refractivity contribution in [2.45, 2.75) is 72.7 Å². The molecule has 1 amide bonds. The molecule has 4 fully saturated rings. The van der Waals surface area contributed by atoms with Crippen molar-refractivity contribution < 1.29 is 17.7 Å². The fourth-order valence-corrected chi connectivity index (χ4v) is 7.40. The van der Waals surface area contributed by atoms with Crippen LogP contribution in [0, 0.1) is 0 Å². The molecule has 2 saturated carbocycles. The van der Waals surface area contributed by atoms with Crippen molar-refractivity contribution in [2.75, 3.05) is 25.5 Å². The lowest BCUT2D eigenvalue weighted by molar-refractivity contribution is 0.0128. The Morgan fingerprint density at radius 1 is 1.32 bits per heavy atom. The molecule has 0 radical (unpaired) electrons. The molecule has 4 heterocycles. The molecule has 11 heteroatoms. The van der Waals surface area contributed by atoms with E-state index in [1.54, 1.807) is 18.2 Å². The molecule has 2 aliphatic heterocycles. The van der Waals surface area contributed by atoms with Crippen LogP contribution in [-0.4, -0.2) is 66.5 Å². The Labute approximate surface area is 199 Å². The third kappa shape index (κ3) is 4.09. The summed E-state index contributed by atoms with van der Waals surface area (Å²) < 4.78 is 32.7. The van der Waals surface area contributed by atoms with E-state index in [1.165, 1.54) is 6.20 Å². The summed E-state index contributed by atoms with van der Waals surface area (Å²) in [6.07, 6.45) is 6.66. The predicted molar refractivity (Wildman–Crippen MR) is 126 cm³/mol. The van der Waals surface area contributed by atoms with Gasteiger partial charge in [0.05, 0.1) is 4.90 Å². The summed E-state index contributed by atoms with van der Waals surface area (Å²) in [4.78, 5) is 18.2. The van der Waals surface area contributed by atoms with Gasteiger partial charge in [0.1, 0.15) is 16.4 Å². The molecule has 0 spiro atoms. The number of hydrogen-bond donors (Lipinski definition) is 3. The quantitative estimate of drug-likeness (QED) is 0.451. The van der Waals surface area contributed by atoms with Crippen molar-refractivity contribution in [3.63, 3.8) is 0 Å². The van der Waals surface area contributed by atoms with Crippen molar-refractivity contribution >= 4 is 21.6 Å². The summed E-state index contributed by atoms with van der Waals surface area (Å²) in [5.41, 5.74) is 5.80. The third-order valence-electron chi connectivity index (χ3n) is 7.49. The minimum Gasteiger partial charge on any atom is -0.370 e. The van der Waals surface area contributed by atoms with Crippen molar-refractivity contribution in [3.05, 3.63) is 35.9 Å². The number of carbonyl (C=O) groups excluding carboxylic acids is 1. The molecule has 10 nitrogen and oxygen atoms in total. The molecular weight excluding hydrogens is 456 g/mol. The molecule has 4 N–H and O–H groups in total. The number of aromatic nitrogens is 2. The molecule has 2 saturated heterocycles. The molecule has 34 heavy (non-hydrogen) atoms. The smallest absolute Gasteiger partial charge is 0.273 e. The van der Waals surface area contributed by atoms with Crippen LogP contribution >= 0.6 is 0 Å². The van der Waals surface area contributed by atoms with Crippen molar-refractivity contribution in [1.29, 1.82) is 0 Å². The fourth-order valence-electron chi connectivity index (χ4n) is 5.20. The van der Waals surface area contributed by atoms with Crippen LogP contribution in [-0.2, 0) is 9.84 Å². The van der Waals surface area contributed by atoms with Gasteiger partial charge in [-0.25, -0.2) is 13.4 Å². The van der Waals surface area contributed by atoms with Gasteiger partial charge in [-0.1, -0.05) is 5.16 Å². The molecule has 6 rings (SSSR count). The van der Waals surface area contributed by atoms with Crippen LogP contribution in [0.4, 0.5) is 5.82 Å². The SMILES string of the molecule is CN1C2CC(NC(=O)c3cc(C4CC4)on3)CCC1(S(=O)(=O)c1ccc(NCCCN)nc1)C2. The zero-order valence-electron chi connectivity index (χ0n) is 19.4. The third-order valence-corrected chi connectivity index (χ3v) is 10.0. The first-order valence-electron chi connectivity index (χ1n) is 12.0. The van der Waals surface area contributed by atoms with Gasteiger partial charge in [0.15, 0.2) is 15.5 Å². The lowest BCUT2D eigenvalue weighted by Crippen LogP contribution is -2.66. The second-order valence-electron chi connectivity index (χ2n) is 9.70. The fraction of sp³-hybridized carbons (Fsp3) is 0.609. The first-order valence-corrected chi connectivity index (χ1v) is 13.5. The number of nitrogens with zero attached hydrogens (tertiary/aromatic N) is 3. The number of amides is 1. The van der Waals surface area contributed by atoms with Crippen molar-refractivity contribution in [3.8, 4) is 0 Å². The number of rotatable bonds is 9. The van der Waals surface area contributed by atoms with Crippen LogP contribution in [0.2, 0.25) is 0 Å². The minimum atomic E-state index is -3.64. The Kier molecular flexibility index (Phi) is 6.11. The minimum absolute atomic E-state index is 0.0899. The van der Waals surface area contributed by atoms with Gasteiger partial charge in [0, 0.05) is 36.8 Å². The van der Waals surface area contributed by atoms with E-state index in [0.717, 1.165) is 25.0 Å². The van der Waals surface area contributed by atoms with E-state index >= 15 is 0 Å². The van der Waals surface area contributed by atoms with E-state index in [2.05, 4.69) is 20.8 Å². The molecule has 0 aromatic carbocycles. The summed E-state index contributed by atoms with van der Waals surface area (Å²) in [6.45, 7) is 1.27. The van der Waals surface area contributed by atoms with E-state index in [9.17, 15) is 13.2 Å². The van der Waals surface area contributed by atoms with Gasteiger partial charge < -0.3 is 20.9 Å². The van der Waals surface area contributed by atoms with Crippen LogP contribution in [0.25, 0.3) is 0 Å². The predicted octanol–water partition coefficient (Wildman–Crippen LogP) is 1.86. The van der Waals surface area contributed by atoms with Gasteiger partial charge in [0.2, 0.25) is 0 Å². The lowest BCUT2D eigenvalue weighted by Gasteiger charge is -2.54. The average Bonchev–Trinajstić information content (AvgIpc) is 3.62. The first kappa shape index (κ1) is 23.3. The Balaban J connectivity index is 1.26. The number of anilines is 1. The molecule has 4 aliphatic rings. The molecule has 2 bridgehead atoms. The van der Waals surface area contributed by atoms with Gasteiger partial charge in [-0.05, 0) is 70.7 Å². The Hall–Kier alpha value is -2.50. The van der Waals surface area contributed by atoms with Crippen LogP contribution < -0.4 is 16.4 Å². The largest absolute Gasteiger partial charge is 0.370 e. The summed E-state index contributed by atoms with van der Waals surface area (Å²) in [6, 6.07) is 5.02. The van der Waals surface area contributed by atoms with E-state index in [4.69, 9.17) is 10.3 Å². The van der Waals surface area contributed by atoms with Crippen LogP contribution in [0.5, 0.6) is 0 Å². The van der Waals surface area contributed by atoms with Gasteiger partial charge in [0.25, 0.3) is 5.91 Å². The highest BCUT2D eigenvalue weighted by atomic mass is 32.2. The Morgan fingerprint density at radius 3 is 2.82 bits per heavy atom. The monoisotopic (exact) mass is 488 g/mol. The number of pyridine rings is 1. The standard InChI is InChI=1S/C23H32N6O4S/c1-29-17-11-16(27-22(30)19-12-20(33-28-19)15-3-4-15)7-8-23(29,13-17)34(31,32)18-5-6-21(26-14-18)25-10-2-9-24/h5-6,12,14-17H,2-4,7-11,13,24H2,1H3,(H,25,26)(H,27,30). The van der Waals surface area contributed by atoms with Crippen LogP contribution in [0.1, 0.15) is 67.1 Å². The van der Waals surface area contributed by atoms with E-state index < -0.39 is 14.7 Å². The van der Waals surface area contributed by atoms with Crippen molar-refractivity contribution in [2.24, 2.45) is 5.73 Å². The maximum absolute atomic E-state index is 13.7. The summed E-state index contributed by atoms with van der Waals surface area (Å²) in [5.74, 6) is 1.53. The number of fused-ring (bicyclic) bond motifs is 3. The number of nitrogens with two attached hydrogens (primary N) is 1. The Bertz CT molecular complexity index is 1150. The maximum atomic E-state index is 13.7. The van der Waals surface area contributed by atoms with Gasteiger partial charge in [-0.3, -0.25) is 9.69 Å². The van der Waals surface area contributed by atoms with E-state index in [1.807, 2.05) is 11.9 Å². The van der Waals surface area contributed by atoms with E-state index in [0.29, 0.717) is 56.2 Å². The zero-order chi connectivity index (χ0) is 23.9. The number of hydrogen-bond acceptors (Lipinski definition) is 9. The molecule has 3 atom stereocenters. The number of carbonyl (C=O) groups is 1. The molecule has 2 aromatic heterocycles. The van der Waals surface area contributed by atoms with Gasteiger partial charge in [-0.15, -0.1) is 0 Å². The average molecular weight is 489 g/mol. The maximum Gasteiger partial charge on any atom is 0.273 e. The summed E-state index contributed by atoms with van der Waals surface area (Å²) in [7, 11) is -1.77. The van der Waals surface area contributed by atoms with Crippen LogP contribution in [0.15, 0.2) is 33.8 Å². The summed E-state index contributed by atoms with van der Waals surface area (Å²) >= 11 is 0. The normalized spacial score (nSPS) is 27.0. The topological polar surface area (TPSA) is 143 Å². The lowest BCUT2D eigenvalue weighted by atomic mass is 9.91. The number of sulfone groups is 1. The zero-order valence-corrected chi connectivity index (χ0v) is 20.2. The highest BCUT2D eigenvalue weighted by Gasteiger charge is 2.60. The van der Waals surface area contributed by atoms with E-state index in [-0.39, 0.29) is 22.9 Å².